The van der Waals surface area contributed by atoms with Gasteiger partial charge in [0.25, 0.3) is 0 Å². The van der Waals surface area contributed by atoms with Crippen molar-refractivity contribution in [2.24, 2.45) is 11.7 Å². The van der Waals surface area contributed by atoms with Crippen LogP contribution in [0.1, 0.15) is 39.5 Å². The largest absolute Gasteiger partial charge is 0.369 e. The molecule has 5 nitrogen and oxygen atoms in total. The maximum absolute atomic E-state index is 11.1. The third kappa shape index (κ3) is 5.33. The number of rotatable bonds is 8. The maximum Gasteiger partial charge on any atom is 0.220 e. The summed E-state index contributed by atoms with van der Waals surface area (Å²) in [5.41, 5.74) is 5.31. The summed E-state index contributed by atoms with van der Waals surface area (Å²) < 4.78 is 10.9. The van der Waals surface area contributed by atoms with Gasteiger partial charge in [0.15, 0.2) is 6.29 Å². The standard InChI is InChI=1S/C13H26N2O3/c1-3-17-12(18-4-2)9-15-11-7-5-10(6-8-11)13(14)16/h10-12,15H,3-9H2,1-2H3,(H2,14,16). The van der Waals surface area contributed by atoms with Crippen molar-refractivity contribution < 1.29 is 14.3 Å². The molecule has 18 heavy (non-hydrogen) atoms. The quantitative estimate of drug-likeness (QED) is 0.637. The molecule has 0 unspecified atom stereocenters. The molecule has 1 fully saturated rings. The highest BCUT2D eigenvalue weighted by atomic mass is 16.7. The van der Waals surface area contributed by atoms with Crippen molar-refractivity contribution in [1.29, 1.82) is 0 Å². The minimum absolute atomic E-state index is 0.0673. The first-order chi connectivity index (χ1) is 8.67. The van der Waals surface area contributed by atoms with Crippen molar-refractivity contribution in [1.82, 2.24) is 5.32 Å². The van der Waals surface area contributed by atoms with E-state index >= 15 is 0 Å². The summed E-state index contributed by atoms with van der Waals surface area (Å²) in [5.74, 6) is -0.0902. The monoisotopic (exact) mass is 258 g/mol. The van der Waals surface area contributed by atoms with Crippen LogP contribution in [0.25, 0.3) is 0 Å². The Morgan fingerprint density at radius 1 is 1.22 bits per heavy atom. The number of primary amides is 1. The molecule has 0 saturated heterocycles. The highest BCUT2D eigenvalue weighted by Gasteiger charge is 2.24. The predicted molar refractivity (Wildman–Crippen MR) is 70.0 cm³/mol. The molecule has 0 spiro atoms. The fourth-order valence-corrected chi connectivity index (χ4v) is 2.38. The van der Waals surface area contributed by atoms with E-state index < -0.39 is 0 Å². The Hall–Kier alpha value is -0.650. The molecular formula is C13H26N2O3. The lowest BCUT2D eigenvalue weighted by atomic mass is 9.85. The van der Waals surface area contributed by atoms with E-state index in [2.05, 4.69) is 5.32 Å². The lowest BCUT2D eigenvalue weighted by Gasteiger charge is -2.29. The third-order valence-corrected chi connectivity index (χ3v) is 3.41. The van der Waals surface area contributed by atoms with E-state index in [4.69, 9.17) is 15.2 Å². The number of hydrogen-bond acceptors (Lipinski definition) is 4. The van der Waals surface area contributed by atoms with Crippen LogP contribution in [0.3, 0.4) is 0 Å². The second kappa shape index (κ2) is 8.45. The van der Waals surface area contributed by atoms with Crippen LogP contribution in [0.15, 0.2) is 0 Å². The molecule has 0 aliphatic heterocycles. The van der Waals surface area contributed by atoms with Gasteiger partial charge in [0.1, 0.15) is 0 Å². The molecule has 1 amide bonds. The van der Waals surface area contributed by atoms with Crippen molar-refractivity contribution >= 4 is 5.91 Å². The molecule has 0 atom stereocenters. The Bertz CT molecular complexity index is 234. The molecule has 106 valence electrons. The van der Waals surface area contributed by atoms with Gasteiger partial charge in [-0.3, -0.25) is 4.79 Å². The predicted octanol–water partition coefficient (Wildman–Crippen LogP) is 1.02. The van der Waals surface area contributed by atoms with Gasteiger partial charge in [-0.15, -0.1) is 0 Å². The number of ether oxygens (including phenoxy) is 2. The van der Waals surface area contributed by atoms with Crippen LogP contribution in [-0.4, -0.2) is 38.0 Å². The highest BCUT2D eigenvalue weighted by Crippen LogP contribution is 2.23. The zero-order valence-electron chi connectivity index (χ0n) is 11.5. The zero-order valence-corrected chi connectivity index (χ0v) is 11.5. The summed E-state index contributed by atoms with van der Waals surface area (Å²) in [6.45, 7) is 5.93. The van der Waals surface area contributed by atoms with Gasteiger partial charge in [0.2, 0.25) is 5.91 Å². The first-order valence-electron chi connectivity index (χ1n) is 6.93. The maximum atomic E-state index is 11.1. The van der Waals surface area contributed by atoms with Gasteiger partial charge in [-0.05, 0) is 39.5 Å². The molecule has 0 radical (unpaired) electrons. The molecule has 1 saturated carbocycles. The molecule has 0 aromatic rings. The average molecular weight is 258 g/mol. The van der Waals surface area contributed by atoms with Crippen LogP contribution in [-0.2, 0) is 14.3 Å². The van der Waals surface area contributed by atoms with Crippen molar-refractivity contribution in [3.63, 3.8) is 0 Å². The van der Waals surface area contributed by atoms with Crippen molar-refractivity contribution in [2.45, 2.75) is 51.9 Å². The Labute approximate surface area is 109 Å². The Morgan fingerprint density at radius 2 is 1.78 bits per heavy atom. The average Bonchev–Trinajstić information content (AvgIpc) is 2.37. The third-order valence-electron chi connectivity index (χ3n) is 3.41. The Morgan fingerprint density at radius 3 is 2.22 bits per heavy atom. The molecule has 1 aliphatic carbocycles. The highest BCUT2D eigenvalue weighted by molar-refractivity contribution is 5.76. The molecule has 1 rings (SSSR count). The van der Waals surface area contributed by atoms with Crippen LogP contribution < -0.4 is 11.1 Å². The summed E-state index contributed by atoms with van der Waals surface area (Å²) >= 11 is 0. The number of nitrogens with two attached hydrogens (primary N) is 1. The van der Waals surface area contributed by atoms with Crippen LogP contribution in [0.4, 0.5) is 0 Å². The van der Waals surface area contributed by atoms with E-state index in [1.54, 1.807) is 0 Å². The summed E-state index contributed by atoms with van der Waals surface area (Å²) in [4.78, 5) is 11.1. The number of amides is 1. The summed E-state index contributed by atoms with van der Waals surface area (Å²) in [6.07, 6.45) is 3.60. The number of carbonyl (C=O) groups is 1. The zero-order chi connectivity index (χ0) is 13.4. The normalized spacial score (nSPS) is 24.4. The Balaban J connectivity index is 2.21. The number of hydrogen-bond donors (Lipinski definition) is 2. The first-order valence-corrected chi connectivity index (χ1v) is 6.93. The lowest BCUT2D eigenvalue weighted by Crippen LogP contribution is -2.41. The number of nitrogens with one attached hydrogen (secondary N) is 1. The minimum atomic E-state index is -0.172. The van der Waals surface area contributed by atoms with Crippen LogP contribution in [0, 0.1) is 5.92 Å². The fraction of sp³-hybridized carbons (Fsp3) is 0.923. The van der Waals surface area contributed by atoms with Gasteiger partial charge in [0.05, 0.1) is 0 Å². The van der Waals surface area contributed by atoms with Gasteiger partial charge in [-0.1, -0.05) is 0 Å². The first kappa shape index (κ1) is 15.4. The topological polar surface area (TPSA) is 73.6 Å². The van der Waals surface area contributed by atoms with E-state index in [0.29, 0.717) is 25.8 Å². The lowest BCUT2D eigenvalue weighted by molar-refractivity contribution is -0.134. The molecule has 0 bridgehead atoms. The van der Waals surface area contributed by atoms with Crippen LogP contribution in [0.2, 0.25) is 0 Å². The smallest absolute Gasteiger partial charge is 0.220 e. The van der Waals surface area contributed by atoms with E-state index in [9.17, 15) is 4.79 Å². The summed E-state index contributed by atoms with van der Waals surface area (Å²) in [6, 6.07) is 0.448. The molecule has 1 aliphatic rings. The molecule has 0 aromatic carbocycles. The molecule has 0 heterocycles. The minimum Gasteiger partial charge on any atom is -0.369 e. The summed E-state index contributed by atoms with van der Waals surface area (Å²) in [7, 11) is 0. The van der Waals surface area contributed by atoms with Crippen molar-refractivity contribution in [3.05, 3.63) is 0 Å². The van der Waals surface area contributed by atoms with E-state index in [-0.39, 0.29) is 18.1 Å². The van der Waals surface area contributed by atoms with Crippen LogP contribution >= 0.6 is 0 Å². The second-order valence-corrected chi connectivity index (χ2v) is 4.70. The second-order valence-electron chi connectivity index (χ2n) is 4.70. The van der Waals surface area contributed by atoms with Gasteiger partial charge in [-0.25, -0.2) is 0 Å². The summed E-state index contributed by atoms with van der Waals surface area (Å²) in [5, 5.41) is 3.45. The SMILES string of the molecule is CCOC(CNC1CCC(C(N)=O)CC1)OCC. The molecular weight excluding hydrogens is 232 g/mol. The van der Waals surface area contributed by atoms with E-state index in [0.717, 1.165) is 25.7 Å². The van der Waals surface area contributed by atoms with Crippen LogP contribution in [0.5, 0.6) is 0 Å². The number of carbonyl (C=O) groups excluding carboxylic acids is 1. The van der Waals surface area contributed by atoms with Gasteiger partial charge in [-0.2, -0.15) is 0 Å². The van der Waals surface area contributed by atoms with E-state index in [1.807, 2.05) is 13.8 Å². The van der Waals surface area contributed by atoms with Gasteiger partial charge < -0.3 is 20.5 Å². The molecule has 0 aromatic heterocycles. The van der Waals surface area contributed by atoms with E-state index in [1.165, 1.54) is 0 Å². The van der Waals surface area contributed by atoms with Gasteiger partial charge >= 0.3 is 0 Å². The van der Waals surface area contributed by atoms with Crippen molar-refractivity contribution in [2.75, 3.05) is 19.8 Å². The van der Waals surface area contributed by atoms with Gasteiger partial charge in [0, 0.05) is 31.7 Å². The van der Waals surface area contributed by atoms with Crippen molar-refractivity contribution in [3.8, 4) is 0 Å². The Kier molecular flexibility index (Phi) is 7.23. The molecule has 3 N–H and O–H groups in total. The molecule has 5 heteroatoms. The fourth-order valence-electron chi connectivity index (χ4n) is 2.38.